The average Bonchev–Trinajstić information content (AvgIpc) is 3.35. The molecule has 176 valence electrons. The van der Waals surface area contributed by atoms with Crippen LogP contribution >= 0.6 is 34.3 Å². The molecular formula is C21H20ClF3N4O2S2. The molecule has 0 unspecified atom stereocenters. The number of nitrogens with one attached hydrogen (secondary N) is 1. The molecule has 12 heteroatoms. The van der Waals surface area contributed by atoms with Gasteiger partial charge in [0.15, 0.2) is 5.78 Å². The number of anilines is 1. The molecule has 0 radical (unpaired) electrons. The Hall–Kier alpha value is -2.37. The molecule has 3 aromatic rings. The van der Waals surface area contributed by atoms with Gasteiger partial charge in [0.2, 0.25) is 0 Å². The molecule has 3 rings (SSSR count). The van der Waals surface area contributed by atoms with Gasteiger partial charge in [0.05, 0.1) is 37.4 Å². The molecule has 0 aliphatic rings. The Kier molecular flexibility index (Phi) is 7.86. The van der Waals surface area contributed by atoms with E-state index in [-0.39, 0.29) is 22.4 Å². The Morgan fingerprint density at radius 3 is 2.55 bits per heavy atom. The fourth-order valence-electron chi connectivity index (χ4n) is 3.12. The predicted molar refractivity (Wildman–Crippen MR) is 123 cm³/mol. The molecule has 6 nitrogen and oxygen atoms in total. The van der Waals surface area contributed by atoms with Crippen LogP contribution in [0.4, 0.5) is 19.0 Å². The van der Waals surface area contributed by atoms with E-state index < -0.39 is 22.7 Å². The Balaban J connectivity index is 1.57. The second-order valence-corrected chi connectivity index (χ2v) is 10.1. The molecule has 1 atom stereocenters. The third-order valence-electron chi connectivity index (χ3n) is 4.77. The normalized spacial score (nSPS) is 12.6. The van der Waals surface area contributed by atoms with Gasteiger partial charge in [-0.25, -0.2) is 15.0 Å². The zero-order chi connectivity index (χ0) is 24.3. The zero-order valence-electron chi connectivity index (χ0n) is 17.9. The Morgan fingerprint density at radius 2 is 1.91 bits per heavy atom. The van der Waals surface area contributed by atoms with Crippen LogP contribution in [0.3, 0.4) is 0 Å². The smallest absolute Gasteiger partial charge is 0.306 e. The van der Waals surface area contributed by atoms with Crippen molar-refractivity contribution in [2.45, 2.75) is 52.1 Å². The van der Waals surface area contributed by atoms with Crippen LogP contribution in [-0.4, -0.2) is 26.6 Å². The highest BCUT2D eigenvalue weighted by Crippen LogP contribution is 2.35. The van der Waals surface area contributed by atoms with Crippen molar-refractivity contribution in [3.8, 4) is 0 Å². The minimum absolute atomic E-state index is 0.0131. The van der Waals surface area contributed by atoms with Crippen molar-refractivity contribution < 1.29 is 22.8 Å². The number of hydrogen-bond donors (Lipinski definition) is 1. The van der Waals surface area contributed by atoms with Crippen LogP contribution < -0.4 is 5.32 Å². The van der Waals surface area contributed by atoms with Gasteiger partial charge in [-0.1, -0.05) is 18.5 Å². The van der Waals surface area contributed by atoms with E-state index in [0.717, 1.165) is 28.2 Å². The van der Waals surface area contributed by atoms with E-state index in [1.165, 1.54) is 17.5 Å². The summed E-state index contributed by atoms with van der Waals surface area (Å²) < 4.78 is 39.0. The second kappa shape index (κ2) is 10.3. The van der Waals surface area contributed by atoms with Crippen LogP contribution in [0, 0.1) is 13.8 Å². The number of halogens is 4. The van der Waals surface area contributed by atoms with Gasteiger partial charge >= 0.3 is 6.18 Å². The Morgan fingerprint density at radius 1 is 1.18 bits per heavy atom. The van der Waals surface area contributed by atoms with E-state index in [2.05, 4.69) is 20.3 Å². The molecule has 1 amide bonds. The second-order valence-electron chi connectivity index (χ2n) is 7.43. The number of aryl methyl sites for hydroxylation is 2. The highest BCUT2D eigenvalue weighted by atomic mass is 35.5. The van der Waals surface area contributed by atoms with Crippen molar-refractivity contribution in [1.82, 2.24) is 15.0 Å². The van der Waals surface area contributed by atoms with Crippen LogP contribution in [-0.2, 0) is 6.18 Å². The number of rotatable bonds is 8. The number of nitrogens with zero attached hydrogens (tertiary/aromatic N) is 3. The average molecular weight is 517 g/mol. The summed E-state index contributed by atoms with van der Waals surface area (Å²) in [7, 11) is 0. The summed E-state index contributed by atoms with van der Waals surface area (Å²) in [6.45, 7) is 5.64. The van der Waals surface area contributed by atoms with E-state index in [1.54, 1.807) is 0 Å². The maximum absolute atomic E-state index is 13.0. The summed E-state index contributed by atoms with van der Waals surface area (Å²) >= 11 is 8.10. The summed E-state index contributed by atoms with van der Waals surface area (Å²) in [4.78, 5) is 38.1. The zero-order valence-corrected chi connectivity index (χ0v) is 20.3. The minimum atomic E-state index is -4.66. The van der Waals surface area contributed by atoms with Gasteiger partial charge in [0.25, 0.3) is 5.91 Å². The molecule has 3 aromatic heterocycles. The van der Waals surface area contributed by atoms with Crippen LogP contribution in [0.25, 0.3) is 0 Å². The molecule has 0 aromatic carbocycles. The van der Waals surface area contributed by atoms with Crippen LogP contribution in [0.5, 0.6) is 0 Å². The number of alkyl halides is 3. The number of aromatic nitrogens is 3. The van der Waals surface area contributed by atoms with Gasteiger partial charge in [0, 0.05) is 18.5 Å². The van der Waals surface area contributed by atoms with Crippen molar-refractivity contribution in [3.05, 3.63) is 54.5 Å². The first-order chi connectivity index (χ1) is 15.5. The molecule has 0 spiro atoms. The Bertz CT molecular complexity index is 1180. The molecule has 0 bridgehead atoms. The topological polar surface area (TPSA) is 84.8 Å². The minimum Gasteiger partial charge on any atom is -0.306 e. The number of pyridine rings is 1. The van der Waals surface area contributed by atoms with E-state index in [9.17, 15) is 22.8 Å². The summed E-state index contributed by atoms with van der Waals surface area (Å²) in [5, 5.41) is 3.37. The third kappa shape index (κ3) is 6.36. The SMILES string of the molecule is Cc1nc(C)c(C(=O)CCC[C@H](C)c2ncc(C(=O)Nc3cc(C(F)(F)F)c(Cl)cn3)s2)s1. The molecule has 0 aliphatic heterocycles. The van der Waals surface area contributed by atoms with Crippen LogP contribution in [0.2, 0.25) is 5.02 Å². The number of thiazole rings is 2. The number of Topliss-reactive ketones (excluding diaryl/α,β-unsaturated/α-hetero) is 1. The lowest BCUT2D eigenvalue weighted by Gasteiger charge is -2.10. The molecule has 0 saturated heterocycles. The number of hydrogen-bond acceptors (Lipinski definition) is 7. The summed E-state index contributed by atoms with van der Waals surface area (Å²) in [6.07, 6.45) is -0.685. The third-order valence-corrected chi connectivity index (χ3v) is 7.41. The molecule has 3 heterocycles. The van der Waals surface area contributed by atoms with Crippen molar-refractivity contribution >= 4 is 51.8 Å². The van der Waals surface area contributed by atoms with Gasteiger partial charge in [0.1, 0.15) is 10.7 Å². The van der Waals surface area contributed by atoms with E-state index in [1.807, 2.05) is 20.8 Å². The van der Waals surface area contributed by atoms with E-state index >= 15 is 0 Å². The number of ketones is 1. The van der Waals surface area contributed by atoms with Crippen molar-refractivity contribution in [2.24, 2.45) is 0 Å². The molecular weight excluding hydrogens is 497 g/mol. The van der Waals surface area contributed by atoms with E-state index in [0.29, 0.717) is 35.2 Å². The fourth-order valence-corrected chi connectivity index (χ4v) is 5.12. The molecule has 1 N–H and O–H groups in total. The van der Waals surface area contributed by atoms with Crippen molar-refractivity contribution in [1.29, 1.82) is 0 Å². The maximum atomic E-state index is 13.0. The summed E-state index contributed by atoms with van der Waals surface area (Å²) in [5.74, 6) is -0.788. The van der Waals surface area contributed by atoms with Gasteiger partial charge < -0.3 is 5.32 Å². The lowest BCUT2D eigenvalue weighted by atomic mass is 10.0. The Labute approximate surface area is 201 Å². The maximum Gasteiger partial charge on any atom is 0.418 e. The van der Waals surface area contributed by atoms with Gasteiger partial charge in [-0.15, -0.1) is 22.7 Å². The summed E-state index contributed by atoms with van der Waals surface area (Å²) in [5.41, 5.74) is -0.324. The first-order valence-electron chi connectivity index (χ1n) is 9.92. The lowest BCUT2D eigenvalue weighted by molar-refractivity contribution is -0.137. The largest absolute Gasteiger partial charge is 0.418 e. The quantitative estimate of drug-likeness (QED) is 0.337. The fraction of sp³-hybridized carbons (Fsp3) is 0.381. The first kappa shape index (κ1) is 25.3. The van der Waals surface area contributed by atoms with Crippen molar-refractivity contribution in [3.63, 3.8) is 0 Å². The molecule has 0 fully saturated rings. The standard InChI is InChI=1S/C21H20ClF3N4O2S2/c1-10(5-4-6-15(30)18-11(2)28-12(3)32-18)20-27-9-16(33-20)19(31)29-17-7-13(21(23,24)25)14(22)8-26-17/h7-10H,4-6H2,1-3H3,(H,26,29,31)/t10-/m0/s1. The van der Waals surface area contributed by atoms with Gasteiger partial charge in [-0.3, -0.25) is 9.59 Å². The molecule has 33 heavy (non-hydrogen) atoms. The number of carbonyl (C=O) groups is 2. The van der Waals surface area contributed by atoms with Gasteiger partial charge in [-0.2, -0.15) is 13.2 Å². The summed E-state index contributed by atoms with van der Waals surface area (Å²) in [6, 6.07) is 0.689. The van der Waals surface area contributed by atoms with Crippen LogP contribution in [0.15, 0.2) is 18.5 Å². The monoisotopic (exact) mass is 516 g/mol. The molecule has 0 aliphatic carbocycles. The van der Waals surface area contributed by atoms with E-state index in [4.69, 9.17) is 11.6 Å². The van der Waals surface area contributed by atoms with Gasteiger partial charge in [-0.05, 0) is 32.8 Å². The highest BCUT2D eigenvalue weighted by Gasteiger charge is 2.34. The first-order valence-corrected chi connectivity index (χ1v) is 11.9. The predicted octanol–water partition coefficient (Wildman–Crippen LogP) is 6.69. The number of amides is 1. The highest BCUT2D eigenvalue weighted by molar-refractivity contribution is 7.14. The number of carbonyl (C=O) groups excluding carboxylic acids is 2. The molecule has 0 saturated carbocycles. The van der Waals surface area contributed by atoms with Crippen molar-refractivity contribution in [2.75, 3.05) is 5.32 Å². The van der Waals surface area contributed by atoms with Crippen LogP contribution in [0.1, 0.15) is 72.7 Å². The lowest BCUT2D eigenvalue weighted by Crippen LogP contribution is -2.13.